The summed E-state index contributed by atoms with van der Waals surface area (Å²) in [5.74, 6) is -1.28. The monoisotopic (exact) mass is 227 g/mol. The number of rotatable bonds is 0. The van der Waals surface area contributed by atoms with Crippen LogP contribution in [-0.4, -0.2) is 24.4 Å². The highest BCUT2D eigenvalue weighted by atomic mass is 19.2. The summed E-state index contributed by atoms with van der Waals surface area (Å²) in [7, 11) is 1.84. The fourth-order valence-electron chi connectivity index (χ4n) is 1.38. The second-order valence-corrected chi connectivity index (χ2v) is 3.84. The molecule has 16 heavy (non-hydrogen) atoms. The summed E-state index contributed by atoms with van der Waals surface area (Å²) < 4.78 is 24.3. The molecule has 2 nitrogen and oxygen atoms in total. The molecule has 2 rings (SSSR count). The average Bonchev–Trinajstić information content (AvgIpc) is 2.59. The molecule has 0 unspecified atom stereocenters. The lowest BCUT2D eigenvalue weighted by molar-refractivity contribution is -0.126. The summed E-state index contributed by atoms with van der Waals surface area (Å²) in [6, 6.07) is 3.80. The van der Waals surface area contributed by atoms with Crippen molar-refractivity contribution < 1.29 is 13.6 Å². The summed E-state index contributed by atoms with van der Waals surface area (Å²) in [6.07, 6.45) is 1.81. The molecule has 0 bridgehead atoms. The largest absolute Gasteiger partial charge is 0.346 e. The van der Waals surface area contributed by atoms with Gasteiger partial charge in [0.2, 0.25) is 5.91 Å². The molecular formula is C12H15F2NO. The van der Waals surface area contributed by atoms with E-state index in [9.17, 15) is 13.6 Å². The molecule has 0 N–H and O–H groups in total. The molecule has 0 saturated carbocycles. The molecule has 1 amide bonds. The maximum atomic E-state index is 12.2. The predicted octanol–water partition coefficient (Wildman–Crippen LogP) is 2.51. The van der Waals surface area contributed by atoms with Gasteiger partial charge >= 0.3 is 0 Å². The van der Waals surface area contributed by atoms with Crippen LogP contribution in [-0.2, 0) is 4.79 Å². The third kappa shape index (κ3) is 3.61. The minimum absolute atomic E-state index is 0.292. The van der Waals surface area contributed by atoms with Gasteiger partial charge in [0.15, 0.2) is 11.6 Å². The van der Waals surface area contributed by atoms with Gasteiger partial charge in [0.05, 0.1) is 0 Å². The zero-order valence-electron chi connectivity index (χ0n) is 9.46. The maximum Gasteiger partial charge on any atom is 0.222 e. The number of carbonyl (C=O) groups is 1. The van der Waals surface area contributed by atoms with Crippen LogP contribution in [0.1, 0.15) is 18.4 Å². The van der Waals surface area contributed by atoms with Crippen molar-refractivity contribution in [2.75, 3.05) is 13.6 Å². The van der Waals surface area contributed by atoms with Crippen molar-refractivity contribution in [2.45, 2.75) is 19.8 Å². The van der Waals surface area contributed by atoms with Gasteiger partial charge in [-0.1, -0.05) is 6.07 Å². The smallest absolute Gasteiger partial charge is 0.222 e. The van der Waals surface area contributed by atoms with Gasteiger partial charge in [-0.15, -0.1) is 0 Å². The van der Waals surface area contributed by atoms with Gasteiger partial charge in [0, 0.05) is 20.0 Å². The second-order valence-electron chi connectivity index (χ2n) is 3.84. The van der Waals surface area contributed by atoms with E-state index in [-0.39, 0.29) is 0 Å². The standard InChI is InChI=1S/C7H6F2.C5H9NO/c1-5-2-3-6(8)7(9)4-5;1-6-4-2-3-5(6)7/h2-4H,1H3;2-4H2,1H3. The third-order valence-electron chi connectivity index (χ3n) is 2.39. The lowest BCUT2D eigenvalue weighted by atomic mass is 10.2. The van der Waals surface area contributed by atoms with Crippen LogP contribution in [0.2, 0.25) is 0 Å². The number of likely N-dealkylation sites (tertiary alicyclic amines) is 1. The van der Waals surface area contributed by atoms with Crippen molar-refractivity contribution in [1.82, 2.24) is 4.90 Å². The highest BCUT2D eigenvalue weighted by Crippen LogP contribution is 2.06. The lowest BCUT2D eigenvalue weighted by Crippen LogP contribution is -2.17. The van der Waals surface area contributed by atoms with Gasteiger partial charge in [0.25, 0.3) is 0 Å². The normalized spacial score (nSPS) is 14.8. The zero-order valence-corrected chi connectivity index (χ0v) is 9.46. The Morgan fingerprint density at radius 3 is 2.25 bits per heavy atom. The number of nitrogens with zero attached hydrogens (tertiary/aromatic N) is 1. The number of hydrogen-bond acceptors (Lipinski definition) is 1. The Morgan fingerprint density at radius 1 is 1.25 bits per heavy atom. The van der Waals surface area contributed by atoms with E-state index in [0.717, 1.165) is 37.1 Å². The first-order chi connectivity index (χ1) is 7.50. The van der Waals surface area contributed by atoms with Crippen LogP contribution in [0.5, 0.6) is 0 Å². The molecule has 1 heterocycles. The van der Waals surface area contributed by atoms with E-state index in [2.05, 4.69) is 0 Å². The summed E-state index contributed by atoms with van der Waals surface area (Å²) in [5, 5.41) is 0. The minimum atomic E-state index is -0.791. The molecule has 0 aromatic heterocycles. The molecule has 0 spiro atoms. The number of carbonyl (C=O) groups excluding carboxylic acids is 1. The summed E-state index contributed by atoms with van der Waals surface area (Å²) in [6.45, 7) is 2.67. The van der Waals surface area contributed by atoms with Crippen LogP contribution >= 0.6 is 0 Å². The highest BCUT2D eigenvalue weighted by Gasteiger charge is 2.14. The summed E-state index contributed by atoms with van der Waals surface area (Å²) >= 11 is 0. The predicted molar refractivity (Wildman–Crippen MR) is 58.0 cm³/mol. The number of amides is 1. The molecule has 1 aromatic rings. The van der Waals surface area contributed by atoms with Crippen LogP contribution in [0.15, 0.2) is 18.2 Å². The van der Waals surface area contributed by atoms with E-state index in [1.807, 2.05) is 7.05 Å². The SMILES string of the molecule is CN1CCCC1=O.Cc1ccc(F)c(F)c1. The zero-order chi connectivity index (χ0) is 12.1. The third-order valence-corrected chi connectivity index (χ3v) is 2.39. The van der Waals surface area contributed by atoms with Crippen molar-refractivity contribution in [3.8, 4) is 0 Å². The van der Waals surface area contributed by atoms with Gasteiger partial charge in [-0.3, -0.25) is 4.79 Å². The quantitative estimate of drug-likeness (QED) is 0.667. The Kier molecular flexibility index (Phi) is 4.40. The summed E-state index contributed by atoms with van der Waals surface area (Å²) in [5.41, 5.74) is 0.730. The van der Waals surface area contributed by atoms with Gasteiger partial charge in [-0.2, -0.15) is 0 Å². The summed E-state index contributed by atoms with van der Waals surface area (Å²) in [4.78, 5) is 12.3. The van der Waals surface area contributed by atoms with Crippen molar-refractivity contribution >= 4 is 5.91 Å². The Bertz CT molecular complexity index is 379. The van der Waals surface area contributed by atoms with Crippen LogP contribution < -0.4 is 0 Å². The fourth-order valence-corrected chi connectivity index (χ4v) is 1.38. The molecule has 0 radical (unpaired) electrons. The topological polar surface area (TPSA) is 20.3 Å². The molecule has 1 aromatic carbocycles. The van der Waals surface area contributed by atoms with Crippen molar-refractivity contribution in [3.63, 3.8) is 0 Å². The van der Waals surface area contributed by atoms with E-state index in [1.165, 1.54) is 6.07 Å². The maximum absolute atomic E-state index is 12.2. The Balaban J connectivity index is 0.000000165. The van der Waals surface area contributed by atoms with Crippen LogP contribution in [0.25, 0.3) is 0 Å². The van der Waals surface area contributed by atoms with Gasteiger partial charge in [-0.25, -0.2) is 8.78 Å². The molecule has 0 aliphatic carbocycles. The molecular weight excluding hydrogens is 212 g/mol. The van der Waals surface area contributed by atoms with E-state index in [1.54, 1.807) is 11.8 Å². The number of halogens is 2. The van der Waals surface area contributed by atoms with Crippen molar-refractivity contribution in [2.24, 2.45) is 0 Å². The van der Waals surface area contributed by atoms with Crippen LogP contribution in [0, 0.1) is 18.6 Å². The van der Waals surface area contributed by atoms with Gasteiger partial charge in [-0.05, 0) is 31.0 Å². The second kappa shape index (κ2) is 5.58. The minimum Gasteiger partial charge on any atom is -0.346 e. The molecule has 0 atom stereocenters. The van der Waals surface area contributed by atoms with E-state index in [4.69, 9.17) is 0 Å². The van der Waals surface area contributed by atoms with Crippen LogP contribution in [0.4, 0.5) is 8.78 Å². The number of benzene rings is 1. The van der Waals surface area contributed by atoms with E-state index >= 15 is 0 Å². The van der Waals surface area contributed by atoms with Crippen molar-refractivity contribution in [1.29, 1.82) is 0 Å². The lowest BCUT2D eigenvalue weighted by Gasteiger charge is -2.03. The molecule has 1 aliphatic rings. The highest BCUT2D eigenvalue weighted by molar-refractivity contribution is 5.77. The van der Waals surface area contributed by atoms with Crippen LogP contribution in [0.3, 0.4) is 0 Å². The molecule has 88 valence electrons. The molecule has 1 aliphatic heterocycles. The Labute approximate surface area is 93.9 Å². The average molecular weight is 227 g/mol. The Hall–Kier alpha value is -1.45. The van der Waals surface area contributed by atoms with Gasteiger partial charge < -0.3 is 4.90 Å². The van der Waals surface area contributed by atoms with E-state index < -0.39 is 11.6 Å². The van der Waals surface area contributed by atoms with E-state index in [0.29, 0.717) is 5.91 Å². The number of hydrogen-bond donors (Lipinski definition) is 0. The first-order valence-corrected chi connectivity index (χ1v) is 5.16. The van der Waals surface area contributed by atoms with Gasteiger partial charge in [0.1, 0.15) is 0 Å². The fraction of sp³-hybridized carbons (Fsp3) is 0.417. The molecule has 1 saturated heterocycles. The first kappa shape index (κ1) is 12.6. The molecule has 1 fully saturated rings. The number of aryl methyl sites for hydroxylation is 1. The first-order valence-electron chi connectivity index (χ1n) is 5.16. The van der Waals surface area contributed by atoms with Crippen molar-refractivity contribution in [3.05, 3.63) is 35.4 Å². The Morgan fingerprint density at radius 2 is 1.94 bits per heavy atom. The molecule has 4 heteroatoms.